The number of hydrogen-bond acceptors (Lipinski definition) is 3. The van der Waals surface area contributed by atoms with E-state index in [-0.39, 0.29) is 0 Å². The van der Waals surface area contributed by atoms with Gasteiger partial charge in [-0.05, 0) is 55.2 Å². The van der Waals surface area contributed by atoms with Crippen LogP contribution in [0.4, 0.5) is 0 Å². The zero-order valence-electron chi connectivity index (χ0n) is 15.3. The molecule has 0 aliphatic heterocycles. The Balaban J connectivity index is 0.000000192. The SMILES string of the molecule is C=C(CC)c1ccc2c(c1)[nH]c1ncncc12.CC1CCC(N)CC1. The molecule has 4 nitrogen and oxygen atoms in total. The minimum Gasteiger partial charge on any atom is -0.339 e. The Labute approximate surface area is 149 Å². The van der Waals surface area contributed by atoms with Crippen LogP contribution >= 0.6 is 0 Å². The van der Waals surface area contributed by atoms with Crippen LogP contribution in [0.15, 0.2) is 37.3 Å². The molecule has 0 spiro atoms. The molecule has 3 N–H and O–H groups in total. The summed E-state index contributed by atoms with van der Waals surface area (Å²) >= 11 is 0. The van der Waals surface area contributed by atoms with Crippen LogP contribution in [0.1, 0.15) is 51.5 Å². The van der Waals surface area contributed by atoms with Crippen LogP contribution in [0.5, 0.6) is 0 Å². The minimum atomic E-state index is 0.520. The number of nitrogens with zero attached hydrogens (tertiary/aromatic N) is 2. The van der Waals surface area contributed by atoms with Crippen LogP contribution in [0.3, 0.4) is 0 Å². The molecule has 4 rings (SSSR count). The van der Waals surface area contributed by atoms with Gasteiger partial charge in [0, 0.05) is 28.5 Å². The lowest BCUT2D eigenvalue weighted by molar-refractivity contribution is 0.348. The van der Waals surface area contributed by atoms with Crippen molar-refractivity contribution in [1.29, 1.82) is 0 Å². The van der Waals surface area contributed by atoms with Gasteiger partial charge in [0.05, 0.1) is 0 Å². The van der Waals surface area contributed by atoms with Crippen molar-refractivity contribution in [3.8, 4) is 0 Å². The van der Waals surface area contributed by atoms with Gasteiger partial charge in [0.25, 0.3) is 0 Å². The van der Waals surface area contributed by atoms with Crippen molar-refractivity contribution in [3.63, 3.8) is 0 Å². The fourth-order valence-corrected chi connectivity index (χ4v) is 3.35. The van der Waals surface area contributed by atoms with Crippen molar-refractivity contribution >= 4 is 27.5 Å². The molecule has 1 aliphatic rings. The highest BCUT2D eigenvalue weighted by Gasteiger charge is 2.13. The molecule has 0 radical (unpaired) electrons. The molecular weight excluding hydrogens is 308 g/mol. The number of nitrogens with two attached hydrogens (primary N) is 1. The maximum Gasteiger partial charge on any atom is 0.141 e. The number of aromatic amines is 1. The van der Waals surface area contributed by atoms with Crippen LogP contribution in [0.2, 0.25) is 0 Å². The number of aromatic nitrogens is 3. The Morgan fingerprint density at radius 3 is 2.68 bits per heavy atom. The number of benzene rings is 1. The Kier molecular flexibility index (Phi) is 5.49. The molecule has 4 heteroatoms. The topological polar surface area (TPSA) is 67.6 Å². The summed E-state index contributed by atoms with van der Waals surface area (Å²) in [6, 6.07) is 6.86. The minimum absolute atomic E-state index is 0.520. The smallest absolute Gasteiger partial charge is 0.141 e. The molecule has 2 heterocycles. The normalized spacial score (nSPS) is 20.3. The van der Waals surface area contributed by atoms with Crippen LogP contribution in [0.25, 0.3) is 27.5 Å². The van der Waals surface area contributed by atoms with Crippen LogP contribution < -0.4 is 5.73 Å². The van der Waals surface area contributed by atoms with Crippen molar-refractivity contribution in [2.24, 2.45) is 11.7 Å². The maximum atomic E-state index is 5.70. The number of allylic oxidation sites excluding steroid dienone is 1. The summed E-state index contributed by atoms with van der Waals surface area (Å²) in [7, 11) is 0. The van der Waals surface area contributed by atoms with Gasteiger partial charge in [-0.3, -0.25) is 0 Å². The predicted molar refractivity (Wildman–Crippen MR) is 106 cm³/mol. The summed E-state index contributed by atoms with van der Waals surface area (Å²) in [6.07, 6.45) is 9.56. The van der Waals surface area contributed by atoms with Crippen LogP contribution in [-0.2, 0) is 0 Å². The first-order valence-corrected chi connectivity index (χ1v) is 9.23. The molecule has 1 aliphatic carbocycles. The molecule has 1 aromatic carbocycles. The average Bonchev–Trinajstić information content (AvgIpc) is 3.01. The van der Waals surface area contributed by atoms with E-state index in [4.69, 9.17) is 5.73 Å². The number of hydrogen-bond donors (Lipinski definition) is 2. The molecule has 1 fully saturated rings. The summed E-state index contributed by atoms with van der Waals surface area (Å²) in [4.78, 5) is 11.6. The molecular formula is C21H28N4. The molecule has 0 unspecified atom stereocenters. The Morgan fingerprint density at radius 1 is 1.24 bits per heavy atom. The van der Waals surface area contributed by atoms with Gasteiger partial charge in [-0.25, -0.2) is 9.97 Å². The number of rotatable bonds is 2. The largest absolute Gasteiger partial charge is 0.339 e. The van der Waals surface area contributed by atoms with E-state index in [1.165, 1.54) is 31.2 Å². The number of nitrogens with one attached hydrogen (secondary N) is 1. The van der Waals surface area contributed by atoms with Crippen molar-refractivity contribution in [1.82, 2.24) is 15.0 Å². The third-order valence-corrected chi connectivity index (χ3v) is 5.17. The van der Waals surface area contributed by atoms with Crippen molar-refractivity contribution in [3.05, 3.63) is 42.9 Å². The summed E-state index contributed by atoms with van der Waals surface area (Å²) in [5, 5.41) is 2.23. The lowest BCUT2D eigenvalue weighted by atomic mass is 9.88. The first kappa shape index (κ1) is 17.6. The first-order chi connectivity index (χ1) is 12.1. The lowest BCUT2D eigenvalue weighted by Crippen LogP contribution is -2.25. The highest BCUT2D eigenvalue weighted by Crippen LogP contribution is 2.26. The fraction of sp³-hybridized carbons (Fsp3) is 0.429. The second kappa shape index (κ2) is 7.79. The lowest BCUT2D eigenvalue weighted by Gasteiger charge is -2.22. The molecule has 0 saturated heterocycles. The van der Waals surface area contributed by atoms with E-state index in [1.807, 2.05) is 6.20 Å². The predicted octanol–water partition coefficient (Wildman–Crippen LogP) is 5.06. The number of H-pyrrole nitrogens is 1. The van der Waals surface area contributed by atoms with E-state index in [2.05, 4.69) is 53.6 Å². The third-order valence-electron chi connectivity index (χ3n) is 5.17. The Bertz CT molecular complexity index is 847. The molecule has 0 bridgehead atoms. The quantitative estimate of drug-likeness (QED) is 0.687. The second-order valence-corrected chi connectivity index (χ2v) is 7.15. The van der Waals surface area contributed by atoms with E-state index < -0.39 is 0 Å². The fourth-order valence-electron chi connectivity index (χ4n) is 3.35. The Hall–Kier alpha value is -2.20. The zero-order chi connectivity index (χ0) is 17.8. The zero-order valence-corrected chi connectivity index (χ0v) is 15.3. The molecule has 132 valence electrons. The highest BCUT2D eigenvalue weighted by molar-refractivity contribution is 6.06. The van der Waals surface area contributed by atoms with E-state index in [0.717, 1.165) is 39.8 Å². The summed E-state index contributed by atoms with van der Waals surface area (Å²) < 4.78 is 0. The van der Waals surface area contributed by atoms with Gasteiger partial charge in [0.2, 0.25) is 0 Å². The summed E-state index contributed by atoms with van der Waals surface area (Å²) in [6.45, 7) is 8.49. The molecule has 2 aromatic heterocycles. The van der Waals surface area contributed by atoms with Gasteiger partial charge in [-0.2, -0.15) is 0 Å². The van der Waals surface area contributed by atoms with Gasteiger partial charge in [-0.1, -0.05) is 32.6 Å². The standard InChI is InChI=1S/C14H13N3.C7H15N/c1-3-9(2)10-4-5-11-12-7-15-8-16-14(12)17-13(11)6-10;1-6-2-4-7(8)5-3-6/h4-8H,2-3H2,1H3,(H,15,16,17);6-7H,2-5,8H2,1H3. The van der Waals surface area contributed by atoms with Gasteiger partial charge in [0.1, 0.15) is 12.0 Å². The second-order valence-electron chi connectivity index (χ2n) is 7.15. The molecule has 0 amide bonds. The molecule has 3 aromatic rings. The van der Waals surface area contributed by atoms with E-state index in [0.29, 0.717) is 6.04 Å². The van der Waals surface area contributed by atoms with Gasteiger partial charge in [0.15, 0.2) is 0 Å². The summed E-state index contributed by atoms with van der Waals surface area (Å²) in [5.74, 6) is 0.940. The third kappa shape index (κ3) is 4.07. The number of fused-ring (bicyclic) bond motifs is 3. The molecule has 25 heavy (non-hydrogen) atoms. The van der Waals surface area contributed by atoms with Crippen molar-refractivity contribution in [2.75, 3.05) is 0 Å². The van der Waals surface area contributed by atoms with E-state index in [9.17, 15) is 0 Å². The maximum absolute atomic E-state index is 5.70. The van der Waals surface area contributed by atoms with E-state index >= 15 is 0 Å². The van der Waals surface area contributed by atoms with Crippen LogP contribution in [-0.4, -0.2) is 21.0 Å². The van der Waals surface area contributed by atoms with E-state index in [1.54, 1.807) is 6.33 Å². The highest BCUT2D eigenvalue weighted by atomic mass is 14.9. The average molecular weight is 336 g/mol. The van der Waals surface area contributed by atoms with Crippen LogP contribution in [0, 0.1) is 5.92 Å². The Morgan fingerprint density at radius 2 is 2.00 bits per heavy atom. The molecule has 0 atom stereocenters. The van der Waals surface area contributed by atoms with Crippen molar-refractivity contribution < 1.29 is 0 Å². The van der Waals surface area contributed by atoms with Gasteiger partial charge < -0.3 is 10.7 Å². The van der Waals surface area contributed by atoms with Gasteiger partial charge in [-0.15, -0.1) is 0 Å². The first-order valence-electron chi connectivity index (χ1n) is 9.23. The molecule has 1 saturated carbocycles. The van der Waals surface area contributed by atoms with Crippen molar-refractivity contribution in [2.45, 2.75) is 52.0 Å². The summed E-state index contributed by atoms with van der Waals surface area (Å²) in [5.41, 5.74) is 10.0. The monoisotopic (exact) mass is 336 g/mol. The van der Waals surface area contributed by atoms with Gasteiger partial charge >= 0.3 is 0 Å².